The zero-order valence-corrected chi connectivity index (χ0v) is 11.0. The minimum atomic E-state index is -0.482. The van der Waals surface area contributed by atoms with Crippen molar-refractivity contribution in [1.29, 1.82) is 0 Å². The van der Waals surface area contributed by atoms with Crippen molar-refractivity contribution in [3.8, 4) is 0 Å². The molecule has 1 saturated carbocycles. The molecule has 0 bridgehead atoms. The number of rotatable bonds is 4. The predicted octanol–water partition coefficient (Wildman–Crippen LogP) is 1.47. The fourth-order valence-electron chi connectivity index (χ4n) is 2.65. The van der Waals surface area contributed by atoms with Crippen LogP contribution in [0, 0.1) is 0 Å². The maximum Gasteiger partial charge on any atom is 0.248 e. The molecule has 1 aliphatic carbocycles. The van der Waals surface area contributed by atoms with Gasteiger partial charge in [-0.2, -0.15) is 0 Å². The van der Waals surface area contributed by atoms with Gasteiger partial charge in [0, 0.05) is 5.56 Å². The van der Waals surface area contributed by atoms with Crippen LogP contribution in [0.5, 0.6) is 0 Å². The molecule has 1 amide bonds. The molecule has 0 radical (unpaired) electrons. The molecule has 6 N–H and O–H groups in total. The van der Waals surface area contributed by atoms with E-state index in [1.165, 1.54) is 6.42 Å². The van der Waals surface area contributed by atoms with Gasteiger partial charge in [-0.3, -0.25) is 4.79 Å². The first-order valence-corrected chi connectivity index (χ1v) is 6.65. The average Bonchev–Trinajstić information content (AvgIpc) is 2.42. The molecule has 0 heterocycles. The normalized spacial score (nSPS) is 17.9. The van der Waals surface area contributed by atoms with E-state index >= 15 is 0 Å². The van der Waals surface area contributed by atoms with Crippen LogP contribution >= 0.6 is 0 Å². The smallest absolute Gasteiger partial charge is 0.248 e. The number of nitrogen functional groups attached to an aromatic ring is 1. The number of nitrogens with one attached hydrogen (secondary N) is 1. The van der Waals surface area contributed by atoms with Crippen molar-refractivity contribution >= 4 is 17.3 Å². The van der Waals surface area contributed by atoms with Gasteiger partial charge >= 0.3 is 0 Å². The number of anilines is 2. The van der Waals surface area contributed by atoms with Crippen LogP contribution in [-0.4, -0.2) is 23.2 Å². The van der Waals surface area contributed by atoms with E-state index in [0.717, 1.165) is 25.7 Å². The third-order valence-corrected chi connectivity index (χ3v) is 3.85. The Balaban J connectivity index is 2.25. The Hall–Kier alpha value is -1.75. The Morgan fingerprint density at radius 3 is 2.58 bits per heavy atom. The van der Waals surface area contributed by atoms with Gasteiger partial charge in [-0.15, -0.1) is 0 Å². The number of hydrogen-bond donors (Lipinski definition) is 4. The van der Waals surface area contributed by atoms with Crippen LogP contribution in [0.25, 0.3) is 0 Å². The van der Waals surface area contributed by atoms with E-state index < -0.39 is 5.91 Å². The zero-order chi connectivity index (χ0) is 13.9. The Morgan fingerprint density at radius 1 is 1.32 bits per heavy atom. The number of aliphatic hydroxyl groups is 1. The van der Waals surface area contributed by atoms with Crippen LogP contribution in [0.1, 0.15) is 42.5 Å². The first-order chi connectivity index (χ1) is 9.06. The van der Waals surface area contributed by atoms with Crippen molar-refractivity contribution in [1.82, 2.24) is 0 Å². The van der Waals surface area contributed by atoms with Gasteiger partial charge in [0.1, 0.15) is 0 Å². The molecule has 0 spiro atoms. The number of aliphatic hydroxyl groups excluding tert-OH is 1. The Kier molecular flexibility index (Phi) is 3.95. The van der Waals surface area contributed by atoms with Crippen LogP contribution in [-0.2, 0) is 0 Å². The molecule has 1 fully saturated rings. The van der Waals surface area contributed by atoms with Crippen molar-refractivity contribution in [3.63, 3.8) is 0 Å². The minimum absolute atomic E-state index is 0.0627. The van der Waals surface area contributed by atoms with Crippen molar-refractivity contribution in [2.75, 3.05) is 17.7 Å². The van der Waals surface area contributed by atoms with Crippen molar-refractivity contribution in [2.45, 2.75) is 37.6 Å². The molecule has 2 rings (SSSR count). The zero-order valence-electron chi connectivity index (χ0n) is 11.0. The summed E-state index contributed by atoms with van der Waals surface area (Å²) < 4.78 is 0. The van der Waals surface area contributed by atoms with E-state index in [1.807, 2.05) is 0 Å². The summed E-state index contributed by atoms with van der Waals surface area (Å²) in [6, 6.07) is 4.93. The molecule has 1 aliphatic rings. The number of carbonyl (C=O) groups excluding carboxylic acids is 1. The highest BCUT2D eigenvalue weighted by Crippen LogP contribution is 2.33. The molecular formula is C14H21N3O2. The maximum absolute atomic E-state index is 11.2. The van der Waals surface area contributed by atoms with E-state index in [2.05, 4.69) is 5.32 Å². The highest BCUT2D eigenvalue weighted by Gasteiger charge is 2.31. The summed E-state index contributed by atoms with van der Waals surface area (Å²) in [5.41, 5.74) is 12.5. The highest BCUT2D eigenvalue weighted by molar-refractivity contribution is 5.95. The summed E-state index contributed by atoms with van der Waals surface area (Å²) in [5.74, 6) is -0.482. The van der Waals surface area contributed by atoms with Crippen molar-refractivity contribution in [2.24, 2.45) is 5.73 Å². The SMILES string of the molecule is NC(=O)c1ccc(N)c(NC2(CO)CCCCC2)c1. The standard InChI is InChI=1S/C14H21N3O2/c15-11-5-4-10(13(16)19)8-12(11)17-14(9-18)6-2-1-3-7-14/h4-5,8,17-18H,1-3,6-7,9,15H2,(H2,16,19). The Morgan fingerprint density at radius 2 is 2.00 bits per heavy atom. The number of nitrogens with two attached hydrogens (primary N) is 2. The molecule has 0 aromatic heterocycles. The molecule has 0 saturated heterocycles. The third kappa shape index (κ3) is 2.98. The molecule has 0 unspecified atom stereocenters. The predicted molar refractivity (Wildman–Crippen MR) is 75.9 cm³/mol. The topological polar surface area (TPSA) is 101 Å². The quantitative estimate of drug-likeness (QED) is 0.618. The molecule has 19 heavy (non-hydrogen) atoms. The number of hydrogen-bond acceptors (Lipinski definition) is 4. The summed E-state index contributed by atoms with van der Waals surface area (Å²) in [5, 5.41) is 13.0. The first-order valence-electron chi connectivity index (χ1n) is 6.65. The van der Waals surface area contributed by atoms with Gasteiger partial charge in [-0.05, 0) is 31.0 Å². The molecule has 1 aromatic rings. The molecule has 1 aromatic carbocycles. The van der Waals surface area contributed by atoms with Gasteiger partial charge in [-0.25, -0.2) is 0 Å². The monoisotopic (exact) mass is 263 g/mol. The van der Waals surface area contributed by atoms with Gasteiger partial charge in [-0.1, -0.05) is 19.3 Å². The van der Waals surface area contributed by atoms with E-state index in [0.29, 0.717) is 16.9 Å². The Labute approximate surface area is 113 Å². The fraction of sp³-hybridized carbons (Fsp3) is 0.500. The minimum Gasteiger partial charge on any atom is -0.397 e. The summed E-state index contributed by atoms with van der Waals surface area (Å²) >= 11 is 0. The molecule has 104 valence electrons. The number of benzene rings is 1. The largest absolute Gasteiger partial charge is 0.397 e. The molecule has 5 nitrogen and oxygen atoms in total. The second-order valence-electron chi connectivity index (χ2n) is 5.29. The van der Waals surface area contributed by atoms with Gasteiger partial charge < -0.3 is 21.9 Å². The number of primary amides is 1. The molecular weight excluding hydrogens is 242 g/mol. The lowest BCUT2D eigenvalue weighted by Gasteiger charge is -2.37. The van der Waals surface area contributed by atoms with E-state index in [4.69, 9.17) is 11.5 Å². The summed E-state index contributed by atoms with van der Waals surface area (Å²) in [6.07, 6.45) is 5.18. The van der Waals surface area contributed by atoms with E-state index in [9.17, 15) is 9.90 Å². The summed E-state index contributed by atoms with van der Waals surface area (Å²) in [6.45, 7) is 0.0627. The van der Waals surface area contributed by atoms with E-state index in [1.54, 1.807) is 18.2 Å². The van der Waals surface area contributed by atoms with Gasteiger partial charge in [0.2, 0.25) is 5.91 Å². The van der Waals surface area contributed by atoms with Gasteiger partial charge in [0.15, 0.2) is 0 Å². The second kappa shape index (κ2) is 5.48. The van der Waals surface area contributed by atoms with E-state index in [-0.39, 0.29) is 12.1 Å². The molecule has 0 aliphatic heterocycles. The number of carbonyl (C=O) groups is 1. The van der Waals surface area contributed by atoms with Gasteiger partial charge in [0.25, 0.3) is 0 Å². The summed E-state index contributed by atoms with van der Waals surface area (Å²) in [4.78, 5) is 11.2. The summed E-state index contributed by atoms with van der Waals surface area (Å²) in [7, 11) is 0. The van der Waals surface area contributed by atoms with Crippen molar-refractivity contribution < 1.29 is 9.90 Å². The van der Waals surface area contributed by atoms with Crippen LogP contribution in [0.3, 0.4) is 0 Å². The maximum atomic E-state index is 11.2. The lowest BCUT2D eigenvalue weighted by molar-refractivity contribution is 0.100. The number of amides is 1. The van der Waals surface area contributed by atoms with Crippen molar-refractivity contribution in [3.05, 3.63) is 23.8 Å². The average molecular weight is 263 g/mol. The molecule has 0 atom stereocenters. The van der Waals surface area contributed by atoms with Crippen LogP contribution in [0.15, 0.2) is 18.2 Å². The van der Waals surface area contributed by atoms with Crippen LogP contribution < -0.4 is 16.8 Å². The highest BCUT2D eigenvalue weighted by atomic mass is 16.3. The lowest BCUT2D eigenvalue weighted by atomic mass is 9.82. The van der Waals surface area contributed by atoms with Crippen LogP contribution in [0.4, 0.5) is 11.4 Å². The first kappa shape index (κ1) is 13.7. The fourth-order valence-corrected chi connectivity index (χ4v) is 2.65. The molecule has 5 heteroatoms. The lowest BCUT2D eigenvalue weighted by Crippen LogP contribution is -2.44. The third-order valence-electron chi connectivity index (χ3n) is 3.85. The van der Waals surface area contributed by atoms with Crippen LogP contribution in [0.2, 0.25) is 0 Å². The Bertz CT molecular complexity index is 468. The second-order valence-corrected chi connectivity index (χ2v) is 5.29. The van der Waals surface area contributed by atoms with Gasteiger partial charge in [0.05, 0.1) is 23.5 Å².